The van der Waals surface area contributed by atoms with E-state index in [9.17, 15) is 0 Å². The molecule has 0 atom stereocenters. The van der Waals surface area contributed by atoms with E-state index in [1.807, 2.05) is 6.92 Å². The van der Waals surface area contributed by atoms with Crippen LogP contribution in [0.15, 0.2) is 6.20 Å². The van der Waals surface area contributed by atoms with E-state index >= 15 is 0 Å². The van der Waals surface area contributed by atoms with Crippen molar-refractivity contribution < 1.29 is 14.6 Å². The van der Waals surface area contributed by atoms with Crippen LogP contribution in [0.3, 0.4) is 0 Å². The molecule has 0 aromatic carbocycles. The van der Waals surface area contributed by atoms with Crippen molar-refractivity contribution in [3.8, 4) is 0 Å². The number of nitrogens with zero attached hydrogens (tertiary/aromatic N) is 1. The molecular weight excluding hydrogens is 190 g/mol. The smallest absolute Gasteiger partial charge is 0.203 e. The zero-order valence-electron chi connectivity index (χ0n) is 7.32. The number of hydrogen-bond acceptors (Lipinski definition) is 5. The van der Waals surface area contributed by atoms with Crippen molar-refractivity contribution in [2.24, 2.45) is 0 Å². The Hall–Kier alpha value is -0.490. The molecule has 0 radical (unpaired) electrons. The van der Waals surface area contributed by atoms with Crippen LogP contribution in [0, 0.1) is 0 Å². The molecule has 13 heavy (non-hydrogen) atoms. The van der Waals surface area contributed by atoms with E-state index < -0.39 is 5.79 Å². The largest absolute Gasteiger partial charge is 0.389 e. The number of thiazole rings is 1. The predicted octanol–water partition coefficient (Wildman–Crippen LogP) is 0.855. The van der Waals surface area contributed by atoms with E-state index in [2.05, 4.69) is 4.98 Å². The zero-order chi connectivity index (χ0) is 9.31. The van der Waals surface area contributed by atoms with Gasteiger partial charge in [-0.2, -0.15) is 0 Å². The molecule has 0 aliphatic carbocycles. The maximum absolute atomic E-state index is 8.84. The van der Waals surface area contributed by atoms with Crippen LogP contribution in [0.5, 0.6) is 0 Å². The summed E-state index contributed by atoms with van der Waals surface area (Å²) in [4.78, 5) is 4.94. The Morgan fingerprint density at radius 3 is 2.85 bits per heavy atom. The predicted molar refractivity (Wildman–Crippen MR) is 47.3 cm³/mol. The second-order valence-electron chi connectivity index (χ2n) is 2.92. The molecular formula is C8H11NO3S. The van der Waals surface area contributed by atoms with Crippen molar-refractivity contribution in [3.63, 3.8) is 0 Å². The lowest BCUT2D eigenvalue weighted by Gasteiger charge is -2.19. The average molecular weight is 201 g/mol. The van der Waals surface area contributed by atoms with Crippen molar-refractivity contribution in [3.05, 3.63) is 16.1 Å². The minimum absolute atomic E-state index is 0.0270. The van der Waals surface area contributed by atoms with Gasteiger partial charge in [0.15, 0.2) is 0 Å². The van der Waals surface area contributed by atoms with Gasteiger partial charge < -0.3 is 14.6 Å². The number of aliphatic hydroxyl groups excluding tert-OH is 1. The first kappa shape index (κ1) is 9.08. The monoisotopic (exact) mass is 201 g/mol. The molecule has 1 aliphatic heterocycles. The normalized spacial score (nSPS) is 20.8. The van der Waals surface area contributed by atoms with Crippen molar-refractivity contribution in [1.29, 1.82) is 0 Å². The van der Waals surface area contributed by atoms with Gasteiger partial charge in [0.25, 0.3) is 0 Å². The lowest BCUT2D eigenvalue weighted by molar-refractivity contribution is -0.147. The van der Waals surface area contributed by atoms with Crippen molar-refractivity contribution in [1.82, 2.24) is 4.98 Å². The Labute approximate surface area is 80.1 Å². The fourth-order valence-corrected chi connectivity index (χ4v) is 2.08. The maximum Gasteiger partial charge on any atom is 0.203 e. The molecule has 1 fully saturated rings. The van der Waals surface area contributed by atoms with Gasteiger partial charge in [0.1, 0.15) is 5.01 Å². The first-order chi connectivity index (χ1) is 6.24. The minimum Gasteiger partial charge on any atom is -0.389 e. The molecule has 5 heteroatoms. The van der Waals surface area contributed by atoms with Crippen LogP contribution in [0.25, 0.3) is 0 Å². The number of hydrogen-bond donors (Lipinski definition) is 1. The number of aromatic nitrogens is 1. The first-order valence-corrected chi connectivity index (χ1v) is 4.90. The first-order valence-electron chi connectivity index (χ1n) is 4.08. The molecule has 72 valence electrons. The second kappa shape index (κ2) is 3.34. The zero-order valence-corrected chi connectivity index (χ0v) is 8.13. The van der Waals surface area contributed by atoms with Crippen molar-refractivity contribution in [2.75, 3.05) is 13.2 Å². The van der Waals surface area contributed by atoms with Gasteiger partial charge in [0, 0.05) is 6.20 Å². The van der Waals surface area contributed by atoms with Gasteiger partial charge in [-0.1, -0.05) is 0 Å². The fourth-order valence-electron chi connectivity index (χ4n) is 1.25. The van der Waals surface area contributed by atoms with Crippen LogP contribution in [0.4, 0.5) is 0 Å². The summed E-state index contributed by atoms with van der Waals surface area (Å²) in [6.07, 6.45) is 1.70. The third kappa shape index (κ3) is 1.60. The third-order valence-electron chi connectivity index (χ3n) is 1.97. The SMILES string of the molecule is CC1(c2cnc(CO)s2)OCCO1. The summed E-state index contributed by atoms with van der Waals surface area (Å²) in [6.45, 7) is 3.07. The summed E-state index contributed by atoms with van der Waals surface area (Å²) in [5, 5.41) is 9.53. The summed E-state index contributed by atoms with van der Waals surface area (Å²) >= 11 is 1.42. The molecule has 0 spiro atoms. The maximum atomic E-state index is 8.84. The van der Waals surface area contributed by atoms with Crippen LogP contribution in [0.2, 0.25) is 0 Å². The molecule has 1 aromatic rings. The highest BCUT2D eigenvalue weighted by Crippen LogP contribution is 2.34. The summed E-state index contributed by atoms with van der Waals surface area (Å²) in [5.74, 6) is -0.648. The summed E-state index contributed by atoms with van der Waals surface area (Å²) < 4.78 is 10.9. The molecule has 0 unspecified atom stereocenters. The molecule has 1 N–H and O–H groups in total. The van der Waals surface area contributed by atoms with Crippen LogP contribution < -0.4 is 0 Å². The molecule has 0 bridgehead atoms. The molecule has 1 saturated heterocycles. The number of rotatable bonds is 2. The Morgan fingerprint density at radius 2 is 2.31 bits per heavy atom. The number of aliphatic hydroxyl groups is 1. The lowest BCUT2D eigenvalue weighted by atomic mass is 10.3. The van der Waals surface area contributed by atoms with E-state index in [4.69, 9.17) is 14.6 Å². The van der Waals surface area contributed by atoms with E-state index in [0.29, 0.717) is 18.2 Å². The van der Waals surface area contributed by atoms with Crippen LogP contribution >= 0.6 is 11.3 Å². The minimum atomic E-state index is -0.648. The second-order valence-corrected chi connectivity index (χ2v) is 4.03. The van der Waals surface area contributed by atoms with Gasteiger partial charge >= 0.3 is 0 Å². The summed E-state index contributed by atoms with van der Waals surface area (Å²) in [5.41, 5.74) is 0. The van der Waals surface area contributed by atoms with E-state index in [-0.39, 0.29) is 6.61 Å². The van der Waals surface area contributed by atoms with E-state index in [1.165, 1.54) is 11.3 Å². The number of ether oxygens (including phenoxy) is 2. The Morgan fingerprint density at radius 1 is 1.62 bits per heavy atom. The summed E-state index contributed by atoms with van der Waals surface area (Å²) in [6, 6.07) is 0. The third-order valence-corrected chi connectivity index (χ3v) is 3.14. The van der Waals surface area contributed by atoms with Crippen LogP contribution in [-0.2, 0) is 21.9 Å². The van der Waals surface area contributed by atoms with Gasteiger partial charge in [0.2, 0.25) is 5.79 Å². The Kier molecular flexibility index (Phi) is 2.33. The van der Waals surface area contributed by atoms with Gasteiger partial charge in [-0.15, -0.1) is 11.3 Å². The Balaban J connectivity index is 2.23. The van der Waals surface area contributed by atoms with E-state index in [1.54, 1.807) is 6.20 Å². The molecule has 1 aromatic heterocycles. The van der Waals surface area contributed by atoms with Crippen LogP contribution in [0.1, 0.15) is 16.8 Å². The van der Waals surface area contributed by atoms with Gasteiger partial charge in [-0.05, 0) is 6.92 Å². The van der Waals surface area contributed by atoms with Crippen molar-refractivity contribution in [2.45, 2.75) is 19.3 Å². The standard InChI is InChI=1S/C8H11NO3S/c1-8(11-2-3-12-8)6-4-9-7(5-10)13-6/h4,10H,2-3,5H2,1H3. The molecule has 0 saturated carbocycles. The molecule has 2 heterocycles. The average Bonchev–Trinajstić information content (AvgIpc) is 2.72. The van der Waals surface area contributed by atoms with Gasteiger partial charge in [0.05, 0.1) is 24.7 Å². The highest BCUT2D eigenvalue weighted by molar-refractivity contribution is 7.11. The molecule has 1 aliphatic rings. The molecule has 2 rings (SSSR count). The Bertz CT molecular complexity index is 293. The van der Waals surface area contributed by atoms with Crippen molar-refractivity contribution >= 4 is 11.3 Å². The highest BCUT2D eigenvalue weighted by atomic mass is 32.1. The quantitative estimate of drug-likeness (QED) is 0.771. The molecule has 0 amide bonds. The topological polar surface area (TPSA) is 51.6 Å². The fraction of sp³-hybridized carbons (Fsp3) is 0.625. The molecule has 4 nitrogen and oxygen atoms in total. The summed E-state index contributed by atoms with van der Waals surface area (Å²) in [7, 11) is 0. The van der Waals surface area contributed by atoms with Crippen LogP contribution in [-0.4, -0.2) is 23.3 Å². The van der Waals surface area contributed by atoms with Gasteiger partial charge in [-0.3, -0.25) is 0 Å². The van der Waals surface area contributed by atoms with Gasteiger partial charge in [-0.25, -0.2) is 4.98 Å². The highest BCUT2D eigenvalue weighted by Gasteiger charge is 2.35. The van der Waals surface area contributed by atoms with E-state index in [0.717, 1.165) is 4.88 Å². The lowest BCUT2D eigenvalue weighted by Crippen LogP contribution is -2.20.